The second kappa shape index (κ2) is 3.51. The van der Waals surface area contributed by atoms with Crippen molar-refractivity contribution in [2.24, 2.45) is 0 Å². The fraction of sp³-hybridized carbons (Fsp3) is 0. The molecule has 90 valence electrons. The molecule has 5 N–H and O–H groups in total. The summed E-state index contributed by atoms with van der Waals surface area (Å²) in [7, 11) is -4.49. The molecule has 0 aliphatic carbocycles. The highest BCUT2D eigenvalue weighted by atomic mass is 32.2. The van der Waals surface area contributed by atoms with Gasteiger partial charge in [-0.3, -0.25) is 4.55 Å². The molecule has 0 bridgehead atoms. The lowest BCUT2D eigenvalue weighted by Crippen LogP contribution is -2.01. The number of phenolic OH excluding ortho intramolecular Hbond substituents is 2. The fourth-order valence-electron chi connectivity index (χ4n) is 1.64. The Labute approximate surface area is 96.7 Å². The minimum atomic E-state index is -4.49. The lowest BCUT2D eigenvalue weighted by molar-refractivity contribution is 0.464. The summed E-state index contributed by atoms with van der Waals surface area (Å²) in [4.78, 5) is -0.460. The monoisotopic (exact) mass is 255 g/mol. The van der Waals surface area contributed by atoms with Crippen LogP contribution < -0.4 is 5.73 Å². The largest absolute Gasteiger partial charge is 0.507 e. The smallest absolute Gasteiger partial charge is 0.295 e. The molecule has 2 aromatic rings. The Morgan fingerprint density at radius 3 is 2.41 bits per heavy atom. The molecule has 0 unspecified atom stereocenters. The van der Waals surface area contributed by atoms with E-state index in [0.29, 0.717) is 0 Å². The maximum Gasteiger partial charge on any atom is 0.295 e. The molecule has 0 spiro atoms. The highest BCUT2D eigenvalue weighted by Gasteiger charge is 2.19. The fourth-order valence-corrected chi connectivity index (χ4v) is 2.36. The maximum absolute atomic E-state index is 11.2. The number of hydrogen-bond acceptors (Lipinski definition) is 5. The SMILES string of the molecule is Nc1cc(S(=O)(=O)O)c2cccc(O)c2c1O. The first kappa shape index (κ1) is 11.5. The van der Waals surface area contributed by atoms with Gasteiger partial charge >= 0.3 is 0 Å². The zero-order valence-corrected chi connectivity index (χ0v) is 9.27. The van der Waals surface area contributed by atoms with Crippen LogP contribution in [0.3, 0.4) is 0 Å². The molecule has 2 aromatic carbocycles. The normalized spacial score (nSPS) is 11.8. The first-order valence-electron chi connectivity index (χ1n) is 4.53. The standard InChI is InChI=1S/C10H9NO5S/c11-6-4-8(17(14,15)16)5-2-1-3-7(12)9(5)10(6)13/h1-4,12-13H,11H2,(H,14,15,16). The Bertz CT molecular complexity index is 708. The van der Waals surface area contributed by atoms with Crippen molar-refractivity contribution in [2.45, 2.75) is 4.90 Å². The van der Waals surface area contributed by atoms with Crippen molar-refractivity contribution in [3.63, 3.8) is 0 Å². The van der Waals surface area contributed by atoms with Gasteiger partial charge < -0.3 is 15.9 Å². The highest BCUT2D eigenvalue weighted by molar-refractivity contribution is 7.86. The minimum absolute atomic E-state index is 0.000741. The third kappa shape index (κ3) is 1.75. The van der Waals surface area contributed by atoms with Gasteiger partial charge in [0.05, 0.1) is 11.1 Å². The molecule has 0 aliphatic heterocycles. The number of fused-ring (bicyclic) bond motifs is 1. The molecule has 17 heavy (non-hydrogen) atoms. The van der Waals surface area contributed by atoms with Gasteiger partial charge in [-0.1, -0.05) is 12.1 Å². The van der Waals surface area contributed by atoms with Gasteiger partial charge in [0.25, 0.3) is 10.1 Å². The number of rotatable bonds is 1. The topological polar surface area (TPSA) is 121 Å². The molecule has 0 fully saturated rings. The van der Waals surface area contributed by atoms with Gasteiger partial charge in [-0.15, -0.1) is 0 Å². The van der Waals surface area contributed by atoms with Gasteiger partial charge in [0, 0.05) is 5.39 Å². The van der Waals surface area contributed by atoms with Gasteiger partial charge in [0.2, 0.25) is 0 Å². The molecular formula is C10H9NO5S. The highest BCUT2D eigenvalue weighted by Crippen LogP contribution is 2.40. The molecule has 0 amide bonds. The average molecular weight is 255 g/mol. The lowest BCUT2D eigenvalue weighted by Gasteiger charge is -2.09. The third-order valence-corrected chi connectivity index (χ3v) is 3.28. The van der Waals surface area contributed by atoms with E-state index in [1.165, 1.54) is 18.2 Å². The van der Waals surface area contributed by atoms with Crippen LogP contribution >= 0.6 is 0 Å². The van der Waals surface area contributed by atoms with Crippen LogP contribution in [-0.2, 0) is 10.1 Å². The van der Waals surface area contributed by atoms with Crippen molar-refractivity contribution in [1.29, 1.82) is 0 Å². The zero-order valence-electron chi connectivity index (χ0n) is 8.45. The van der Waals surface area contributed by atoms with Crippen LogP contribution in [0.5, 0.6) is 11.5 Å². The van der Waals surface area contributed by atoms with Gasteiger partial charge in [-0.25, -0.2) is 0 Å². The van der Waals surface area contributed by atoms with Crippen molar-refractivity contribution in [2.75, 3.05) is 5.73 Å². The molecule has 0 saturated heterocycles. The van der Waals surface area contributed by atoms with Crippen LogP contribution in [-0.4, -0.2) is 23.2 Å². The number of aromatic hydroxyl groups is 2. The van der Waals surface area contributed by atoms with Crippen molar-refractivity contribution in [3.05, 3.63) is 24.3 Å². The molecule has 0 atom stereocenters. The van der Waals surface area contributed by atoms with Gasteiger partial charge in [0.15, 0.2) is 0 Å². The number of hydrogen-bond donors (Lipinski definition) is 4. The molecule has 0 saturated carbocycles. The number of anilines is 1. The summed E-state index contributed by atoms with van der Waals surface area (Å²) in [5.41, 5.74) is 5.17. The van der Waals surface area contributed by atoms with E-state index in [1.54, 1.807) is 0 Å². The quantitative estimate of drug-likeness (QED) is 0.344. The van der Waals surface area contributed by atoms with E-state index in [2.05, 4.69) is 0 Å². The molecular weight excluding hydrogens is 246 g/mol. The van der Waals surface area contributed by atoms with Crippen LogP contribution in [0.2, 0.25) is 0 Å². The van der Waals surface area contributed by atoms with Crippen LogP contribution in [0.1, 0.15) is 0 Å². The summed E-state index contributed by atoms with van der Waals surface area (Å²) in [6, 6.07) is 4.95. The second-order valence-electron chi connectivity index (χ2n) is 3.49. The van der Waals surface area contributed by atoms with E-state index in [4.69, 9.17) is 10.3 Å². The Balaban J connectivity index is 3.09. The Morgan fingerprint density at radius 2 is 1.82 bits per heavy atom. The zero-order chi connectivity index (χ0) is 12.8. The van der Waals surface area contributed by atoms with E-state index in [9.17, 15) is 18.6 Å². The minimum Gasteiger partial charge on any atom is -0.507 e. The third-order valence-electron chi connectivity index (χ3n) is 2.38. The molecule has 0 radical (unpaired) electrons. The molecule has 2 rings (SSSR count). The van der Waals surface area contributed by atoms with Crippen molar-refractivity contribution in [3.8, 4) is 11.5 Å². The van der Waals surface area contributed by atoms with E-state index < -0.39 is 20.8 Å². The predicted octanol–water partition coefficient (Wildman–Crippen LogP) is 1.08. The molecule has 7 heteroatoms. The van der Waals surface area contributed by atoms with Gasteiger partial charge in [-0.2, -0.15) is 8.42 Å². The Hall–Kier alpha value is -1.99. The van der Waals surface area contributed by atoms with Crippen LogP contribution in [0.25, 0.3) is 10.8 Å². The van der Waals surface area contributed by atoms with E-state index in [1.807, 2.05) is 0 Å². The second-order valence-corrected chi connectivity index (χ2v) is 4.88. The van der Waals surface area contributed by atoms with Gasteiger partial charge in [0.1, 0.15) is 16.4 Å². The summed E-state index contributed by atoms with van der Waals surface area (Å²) in [6.07, 6.45) is 0. The van der Waals surface area contributed by atoms with Crippen LogP contribution in [0.4, 0.5) is 5.69 Å². The number of benzene rings is 2. The number of nitrogens with two attached hydrogens (primary N) is 1. The van der Waals surface area contributed by atoms with Gasteiger partial charge in [-0.05, 0) is 12.1 Å². The van der Waals surface area contributed by atoms with Crippen LogP contribution in [0, 0.1) is 0 Å². The molecule has 0 aromatic heterocycles. The number of phenols is 2. The molecule has 0 heterocycles. The molecule has 6 nitrogen and oxygen atoms in total. The lowest BCUT2D eigenvalue weighted by atomic mass is 10.1. The number of nitrogen functional groups attached to an aromatic ring is 1. The Morgan fingerprint density at radius 1 is 1.18 bits per heavy atom. The Kier molecular flexibility index (Phi) is 2.37. The maximum atomic E-state index is 11.2. The van der Waals surface area contributed by atoms with E-state index in [-0.39, 0.29) is 22.2 Å². The predicted molar refractivity (Wildman–Crippen MR) is 61.5 cm³/mol. The summed E-state index contributed by atoms with van der Waals surface area (Å²) in [5, 5.41) is 19.1. The summed E-state index contributed by atoms with van der Waals surface area (Å²) in [5.74, 6) is -0.747. The first-order valence-corrected chi connectivity index (χ1v) is 5.97. The summed E-state index contributed by atoms with van der Waals surface area (Å²) < 4.78 is 31.4. The summed E-state index contributed by atoms with van der Waals surface area (Å²) in [6.45, 7) is 0. The van der Waals surface area contributed by atoms with Crippen molar-refractivity contribution in [1.82, 2.24) is 0 Å². The van der Waals surface area contributed by atoms with E-state index in [0.717, 1.165) is 6.07 Å². The summed E-state index contributed by atoms with van der Waals surface area (Å²) >= 11 is 0. The van der Waals surface area contributed by atoms with Crippen LogP contribution in [0.15, 0.2) is 29.2 Å². The average Bonchev–Trinajstić information content (AvgIpc) is 2.21. The van der Waals surface area contributed by atoms with E-state index >= 15 is 0 Å². The first-order chi connectivity index (χ1) is 7.82. The van der Waals surface area contributed by atoms with Crippen molar-refractivity contribution >= 4 is 26.6 Å². The van der Waals surface area contributed by atoms with Crippen molar-refractivity contribution < 1.29 is 23.2 Å². The molecule has 0 aliphatic rings.